The minimum Gasteiger partial charge on any atom is -0.289 e. The van der Waals surface area contributed by atoms with Crippen LogP contribution in [0.15, 0.2) is 86.0 Å². The molecule has 116 valence electrons. The van der Waals surface area contributed by atoms with Crippen molar-refractivity contribution in [1.82, 2.24) is 5.32 Å². The highest BCUT2D eigenvalue weighted by atomic mass is 16.2. The maximum absolute atomic E-state index is 10.0. The molecule has 0 saturated heterocycles. The van der Waals surface area contributed by atoms with Crippen LogP contribution in [0.25, 0.3) is 12.2 Å². The summed E-state index contributed by atoms with van der Waals surface area (Å²) in [5.41, 5.74) is 2.35. The Morgan fingerprint density at radius 1 is 0.652 bits per heavy atom. The smallest absolute Gasteiger partial charge is 0.250 e. The molecule has 3 nitrogen and oxygen atoms in total. The maximum atomic E-state index is 10.0. The molecule has 1 aliphatic rings. The third-order valence-corrected chi connectivity index (χ3v) is 2.70. The second-order valence-electron chi connectivity index (χ2n) is 4.42. The van der Waals surface area contributed by atoms with Crippen LogP contribution < -0.4 is 5.32 Å². The van der Waals surface area contributed by atoms with Gasteiger partial charge in [-0.25, -0.2) is 0 Å². The summed E-state index contributed by atoms with van der Waals surface area (Å²) in [6.45, 7) is 7.26. The van der Waals surface area contributed by atoms with Gasteiger partial charge in [-0.1, -0.05) is 86.0 Å². The van der Waals surface area contributed by atoms with Crippen molar-refractivity contribution < 1.29 is 9.59 Å². The van der Waals surface area contributed by atoms with E-state index in [4.69, 9.17) is 0 Å². The Hall–Kier alpha value is -3.20. The zero-order valence-electron chi connectivity index (χ0n) is 12.8. The Morgan fingerprint density at radius 3 is 1.17 bits per heavy atom. The van der Waals surface area contributed by atoms with Crippen LogP contribution in [0.2, 0.25) is 0 Å². The molecule has 2 aromatic rings. The minimum atomic E-state index is -0.329. The van der Waals surface area contributed by atoms with E-state index in [0.29, 0.717) is 0 Å². The van der Waals surface area contributed by atoms with Gasteiger partial charge in [0.1, 0.15) is 0 Å². The lowest BCUT2D eigenvalue weighted by Gasteiger charge is -1.85. The molecule has 3 heteroatoms. The quantitative estimate of drug-likeness (QED) is 0.856. The van der Waals surface area contributed by atoms with Gasteiger partial charge in [0.2, 0.25) is 0 Å². The molecule has 1 aliphatic heterocycles. The van der Waals surface area contributed by atoms with E-state index in [9.17, 15) is 9.59 Å². The summed E-state index contributed by atoms with van der Waals surface area (Å²) in [6, 6.07) is 20.1. The van der Waals surface area contributed by atoms with Crippen LogP contribution in [0.4, 0.5) is 0 Å². The molecule has 1 N–H and O–H groups in total. The molecular formula is C20H19NO2. The van der Waals surface area contributed by atoms with Crippen molar-refractivity contribution in [1.29, 1.82) is 0 Å². The standard InChI is InChI=1S/2C8H8.C4H3NO2/c2*1-2-8-6-4-3-5-7-8;6-3-1-2-4(7)5-3/h2*2-7H,1H2;1-2H,(H,5,6,7). The van der Waals surface area contributed by atoms with Gasteiger partial charge in [0, 0.05) is 12.2 Å². The molecule has 0 fully saturated rings. The van der Waals surface area contributed by atoms with Gasteiger partial charge in [0.15, 0.2) is 0 Å². The van der Waals surface area contributed by atoms with E-state index < -0.39 is 0 Å². The Bertz CT molecular complexity index is 614. The molecule has 0 unspecified atom stereocenters. The Morgan fingerprint density at radius 2 is 1.00 bits per heavy atom. The Balaban J connectivity index is 0.000000173. The zero-order chi connectivity index (χ0) is 16.9. The molecule has 2 amide bonds. The number of hydrogen-bond acceptors (Lipinski definition) is 2. The average molecular weight is 305 g/mol. The number of carbonyl (C=O) groups excluding carboxylic acids is 2. The first-order valence-electron chi connectivity index (χ1n) is 7.03. The Kier molecular flexibility index (Phi) is 8.16. The number of amides is 2. The van der Waals surface area contributed by atoms with Crippen LogP contribution >= 0.6 is 0 Å². The van der Waals surface area contributed by atoms with Gasteiger partial charge < -0.3 is 0 Å². The van der Waals surface area contributed by atoms with Crippen LogP contribution in [0.1, 0.15) is 11.1 Å². The summed E-state index contributed by atoms with van der Waals surface area (Å²) in [5, 5.41) is 2.03. The highest BCUT2D eigenvalue weighted by molar-refractivity contribution is 6.12. The number of carbonyl (C=O) groups is 2. The van der Waals surface area contributed by atoms with Crippen molar-refractivity contribution >= 4 is 24.0 Å². The predicted molar refractivity (Wildman–Crippen MR) is 95.4 cm³/mol. The van der Waals surface area contributed by atoms with Gasteiger partial charge in [-0.2, -0.15) is 0 Å². The normalized spacial score (nSPS) is 11.3. The highest BCUT2D eigenvalue weighted by Gasteiger charge is 2.06. The van der Waals surface area contributed by atoms with E-state index in [-0.39, 0.29) is 11.8 Å². The first kappa shape index (κ1) is 17.9. The summed E-state index contributed by atoms with van der Waals surface area (Å²) in [5.74, 6) is -0.657. The molecule has 0 aliphatic carbocycles. The van der Waals surface area contributed by atoms with Crippen molar-refractivity contribution in [3.05, 3.63) is 97.1 Å². The zero-order valence-corrected chi connectivity index (χ0v) is 12.8. The van der Waals surface area contributed by atoms with E-state index >= 15 is 0 Å². The number of rotatable bonds is 2. The van der Waals surface area contributed by atoms with Gasteiger partial charge in [0.25, 0.3) is 11.8 Å². The second-order valence-corrected chi connectivity index (χ2v) is 4.42. The molecule has 2 aromatic carbocycles. The third kappa shape index (κ3) is 7.97. The lowest BCUT2D eigenvalue weighted by molar-refractivity contribution is -0.123. The predicted octanol–water partition coefficient (Wildman–Crippen LogP) is 3.86. The minimum absolute atomic E-state index is 0.329. The summed E-state index contributed by atoms with van der Waals surface area (Å²) < 4.78 is 0. The summed E-state index contributed by atoms with van der Waals surface area (Å²) in [7, 11) is 0. The number of benzene rings is 2. The lowest BCUT2D eigenvalue weighted by atomic mass is 10.2. The van der Waals surface area contributed by atoms with Crippen molar-refractivity contribution in [2.24, 2.45) is 0 Å². The van der Waals surface area contributed by atoms with Gasteiger partial charge in [-0.15, -0.1) is 0 Å². The molecule has 0 saturated carbocycles. The summed E-state index contributed by atoms with van der Waals surface area (Å²) in [6.07, 6.45) is 6.06. The van der Waals surface area contributed by atoms with Crippen molar-refractivity contribution in [2.45, 2.75) is 0 Å². The summed E-state index contributed by atoms with van der Waals surface area (Å²) in [4.78, 5) is 20.1. The Labute approximate surface area is 136 Å². The first-order valence-corrected chi connectivity index (χ1v) is 7.03. The van der Waals surface area contributed by atoms with Crippen molar-refractivity contribution in [3.63, 3.8) is 0 Å². The van der Waals surface area contributed by atoms with E-state index in [0.717, 1.165) is 0 Å². The molecule has 0 aromatic heterocycles. The van der Waals surface area contributed by atoms with Crippen LogP contribution in [-0.4, -0.2) is 11.8 Å². The van der Waals surface area contributed by atoms with Gasteiger partial charge in [-0.05, 0) is 11.1 Å². The molecule has 23 heavy (non-hydrogen) atoms. The molecule has 1 heterocycles. The van der Waals surface area contributed by atoms with Crippen molar-refractivity contribution in [3.8, 4) is 0 Å². The van der Waals surface area contributed by atoms with Crippen LogP contribution in [0.3, 0.4) is 0 Å². The molecule has 0 atom stereocenters. The topological polar surface area (TPSA) is 46.2 Å². The van der Waals surface area contributed by atoms with E-state index in [2.05, 4.69) is 13.2 Å². The summed E-state index contributed by atoms with van der Waals surface area (Å²) >= 11 is 0. The average Bonchev–Trinajstić information content (AvgIpc) is 3.00. The molecular weight excluding hydrogens is 286 g/mol. The SMILES string of the molecule is C=Cc1ccccc1.C=Cc1ccccc1.O=C1C=CC(=O)N1. The number of nitrogens with one attached hydrogen (secondary N) is 1. The monoisotopic (exact) mass is 305 g/mol. The first-order chi connectivity index (χ1) is 11.2. The molecule has 3 rings (SSSR count). The lowest BCUT2D eigenvalue weighted by Crippen LogP contribution is -2.19. The van der Waals surface area contributed by atoms with Crippen LogP contribution in [0.5, 0.6) is 0 Å². The van der Waals surface area contributed by atoms with Crippen LogP contribution in [-0.2, 0) is 9.59 Å². The third-order valence-electron chi connectivity index (χ3n) is 2.70. The number of imide groups is 1. The van der Waals surface area contributed by atoms with E-state index in [1.165, 1.54) is 23.3 Å². The maximum Gasteiger partial charge on any atom is 0.250 e. The molecule has 0 radical (unpaired) electrons. The fraction of sp³-hybridized carbons (Fsp3) is 0. The fourth-order valence-corrected chi connectivity index (χ4v) is 1.53. The van der Waals surface area contributed by atoms with E-state index in [1.807, 2.05) is 78.1 Å². The van der Waals surface area contributed by atoms with E-state index in [1.54, 1.807) is 0 Å². The largest absolute Gasteiger partial charge is 0.289 e. The van der Waals surface area contributed by atoms with Gasteiger partial charge in [0.05, 0.1) is 0 Å². The number of hydrogen-bond donors (Lipinski definition) is 1. The second kappa shape index (κ2) is 10.5. The molecule has 0 spiro atoms. The van der Waals surface area contributed by atoms with Gasteiger partial charge >= 0.3 is 0 Å². The van der Waals surface area contributed by atoms with Crippen molar-refractivity contribution in [2.75, 3.05) is 0 Å². The fourth-order valence-electron chi connectivity index (χ4n) is 1.53. The van der Waals surface area contributed by atoms with Gasteiger partial charge in [-0.3, -0.25) is 14.9 Å². The highest BCUT2D eigenvalue weighted by Crippen LogP contribution is 1.98. The van der Waals surface area contributed by atoms with Crippen LogP contribution in [0, 0.1) is 0 Å². The molecule has 0 bridgehead atoms.